The van der Waals surface area contributed by atoms with Crippen LogP contribution >= 0.6 is 15.9 Å². The van der Waals surface area contributed by atoms with Crippen LogP contribution in [0.2, 0.25) is 0 Å². The van der Waals surface area contributed by atoms with Crippen LogP contribution in [0.4, 0.5) is 10.1 Å². The van der Waals surface area contributed by atoms with Gasteiger partial charge >= 0.3 is 5.97 Å². The molecule has 1 aromatic rings. The molecule has 1 rings (SSSR count). The van der Waals surface area contributed by atoms with Crippen molar-refractivity contribution in [3.8, 4) is 0 Å². The van der Waals surface area contributed by atoms with Crippen molar-refractivity contribution in [2.24, 2.45) is 5.92 Å². The summed E-state index contributed by atoms with van der Waals surface area (Å²) in [5.41, 5.74) is 0.230. The van der Waals surface area contributed by atoms with Crippen LogP contribution in [-0.2, 0) is 0 Å². The smallest absolute Gasteiger partial charge is 0.336 e. The molecule has 0 fully saturated rings. The van der Waals surface area contributed by atoms with Crippen molar-refractivity contribution in [1.29, 1.82) is 0 Å². The summed E-state index contributed by atoms with van der Waals surface area (Å²) in [5.74, 6) is -1.37. The second-order valence-corrected chi connectivity index (χ2v) is 5.06. The number of hydrogen-bond acceptors (Lipinski definition) is 2. The van der Waals surface area contributed by atoms with Crippen LogP contribution in [0, 0.1) is 11.7 Å². The topological polar surface area (TPSA) is 49.3 Å². The van der Waals surface area contributed by atoms with Crippen molar-refractivity contribution < 1.29 is 14.3 Å². The molecule has 1 aromatic carbocycles. The van der Waals surface area contributed by atoms with E-state index in [1.807, 2.05) is 20.8 Å². The van der Waals surface area contributed by atoms with Crippen LogP contribution in [0.5, 0.6) is 0 Å². The summed E-state index contributed by atoms with van der Waals surface area (Å²) in [4.78, 5) is 10.8. The Morgan fingerprint density at radius 1 is 1.41 bits per heavy atom. The predicted molar refractivity (Wildman–Crippen MR) is 69.0 cm³/mol. The number of aromatic carboxylic acids is 1. The van der Waals surface area contributed by atoms with Crippen LogP contribution in [0.25, 0.3) is 0 Å². The average molecular weight is 304 g/mol. The van der Waals surface area contributed by atoms with Crippen molar-refractivity contribution in [1.82, 2.24) is 0 Å². The molecule has 0 bridgehead atoms. The first kappa shape index (κ1) is 14.0. The fourth-order valence-corrected chi connectivity index (χ4v) is 1.75. The molecule has 3 nitrogen and oxygen atoms in total. The van der Waals surface area contributed by atoms with Crippen LogP contribution in [0.3, 0.4) is 0 Å². The zero-order valence-electron chi connectivity index (χ0n) is 9.92. The molecule has 17 heavy (non-hydrogen) atoms. The van der Waals surface area contributed by atoms with E-state index in [0.29, 0.717) is 11.6 Å². The number of rotatable bonds is 4. The second-order valence-electron chi connectivity index (χ2n) is 4.27. The van der Waals surface area contributed by atoms with E-state index in [4.69, 9.17) is 5.11 Å². The van der Waals surface area contributed by atoms with E-state index in [9.17, 15) is 9.18 Å². The molecule has 0 heterocycles. The molecule has 5 heteroatoms. The monoisotopic (exact) mass is 303 g/mol. The summed E-state index contributed by atoms with van der Waals surface area (Å²) in [6, 6.07) is 2.93. The van der Waals surface area contributed by atoms with Crippen molar-refractivity contribution in [2.45, 2.75) is 26.8 Å². The largest absolute Gasteiger partial charge is 0.478 e. The Labute approximate surface area is 108 Å². The summed E-state index contributed by atoms with van der Waals surface area (Å²) < 4.78 is 13.9. The Morgan fingerprint density at radius 2 is 2.00 bits per heavy atom. The molecule has 0 amide bonds. The summed E-state index contributed by atoms with van der Waals surface area (Å²) in [6.07, 6.45) is 0. The fraction of sp³-hybridized carbons (Fsp3) is 0.417. The van der Waals surface area contributed by atoms with E-state index in [1.165, 1.54) is 12.1 Å². The maximum atomic E-state index is 13.9. The molecule has 1 unspecified atom stereocenters. The minimum atomic E-state index is -1.15. The lowest BCUT2D eigenvalue weighted by molar-refractivity contribution is 0.0695. The van der Waals surface area contributed by atoms with E-state index < -0.39 is 11.8 Å². The normalized spacial score (nSPS) is 12.6. The van der Waals surface area contributed by atoms with Gasteiger partial charge in [-0.15, -0.1) is 0 Å². The van der Waals surface area contributed by atoms with Gasteiger partial charge in [0.15, 0.2) is 5.82 Å². The molecule has 0 saturated heterocycles. The minimum absolute atomic E-state index is 0.0223. The molecule has 0 aliphatic carbocycles. The van der Waals surface area contributed by atoms with Crippen LogP contribution < -0.4 is 5.32 Å². The Bertz CT molecular complexity index is 435. The molecule has 0 radical (unpaired) electrons. The third-order valence-electron chi connectivity index (χ3n) is 2.70. The van der Waals surface area contributed by atoms with E-state index in [0.717, 1.165) is 0 Å². The fourth-order valence-electron chi connectivity index (χ4n) is 1.24. The molecule has 94 valence electrons. The van der Waals surface area contributed by atoms with Crippen molar-refractivity contribution in [3.63, 3.8) is 0 Å². The van der Waals surface area contributed by atoms with Gasteiger partial charge in [0.05, 0.1) is 15.7 Å². The van der Waals surface area contributed by atoms with Crippen LogP contribution in [0.1, 0.15) is 31.1 Å². The number of benzene rings is 1. The number of nitrogens with one attached hydrogen (secondary N) is 1. The van der Waals surface area contributed by atoms with Gasteiger partial charge in [-0.25, -0.2) is 9.18 Å². The highest BCUT2D eigenvalue weighted by Crippen LogP contribution is 2.28. The van der Waals surface area contributed by atoms with Gasteiger partial charge in [0, 0.05) is 6.04 Å². The minimum Gasteiger partial charge on any atom is -0.478 e. The summed E-state index contributed by atoms with van der Waals surface area (Å²) in [7, 11) is 0. The molecular weight excluding hydrogens is 289 g/mol. The van der Waals surface area contributed by atoms with Crippen LogP contribution in [-0.4, -0.2) is 17.1 Å². The molecule has 0 aliphatic heterocycles. The Hall–Kier alpha value is -1.10. The highest BCUT2D eigenvalue weighted by Gasteiger charge is 2.17. The van der Waals surface area contributed by atoms with Gasteiger partial charge in [-0.2, -0.15) is 0 Å². The van der Waals surface area contributed by atoms with E-state index >= 15 is 0 Å². The van der Waals surface area contributed by atoms with Crippen molar-refractivity contribution >= 4 is 27.6 Å². The number of anilines is 1. The summed E-state index contributed by atoms with van der Waals surface area (Å²) in [5, 5.41) is 11.9. The predicted octanol–water partition coefficient (Wildman–Crippen LogP) is 3.74. The molecule has 0 aliphatic rings. The van der Waals surface area contributed by atoms with Gasteiger partial charge in [0.1, 0.15) is 0 Å². The van der Waals surface area contributed by atoms with Crippen molar-refractivity contribution in [2.75, 3.05) is 5.32 Å². The number of carboxylic acids is 1. The third-order valence-corrected chi connectivity index (χ3v) is 3.47. The second kappa shape index (κ2) is 5.49. The number of hydrogen-bond donors (Lipinski definition) is 2. The highest BCUT2D eigenvalue weighted by molar-refractivity contribution is 9.10. The van der Waals surface area contributed by atoms with Gasteiger partial charge in [-0.1, -0.05) is 13.8 Å². The lowest BCUT2D eigenvalue weighted by Crippen LogP contribution is -2.22. The number of carboxylic acid groups (broad SMARTS) is 1. The summed E-state index contributed by atoms with van der Waals surface area (Å²) in [6.45, 7) is 6.00. The van der Waals surface area contributed by atoms with Gasteiger partial charge in [-0.05, 0) is 40.9 Å². The zero-order chi connectivity index (χ0) is 13.2. The molecule has 0 saturated carbocycles. The number of carbonyl (C=O) groups is 1. The quantitative estimate of drug-likeness (QED) is 0.891. The summed E-state index contributed by atoms with van der Waals surface area (Å²) >= 11 is 2.96. The zero-order valence-corrected chi connectivity index (χ0v) is 11.5. The van der Waals surface area contributed by atoms with Gasteiger partial charge in [-0.3, -0.25) is 0 Å². The van der Waals surface area contributed by atoms with Gasteiger partial charge in [0.25, 0.3) is 0 Å². The van der Waals surface area contributed by atoms with Crippen molar-refractivity contribution in [3.05, 3.63) is 28.0 Å². The Morgan fingerprint density at radius 3 is 2.47 bits per heavy atom. The third kappa shape index (κ3) is 3.19. The van der Waals surface area contributed by atoms with E-state index in [2.05, 4.69) is 21.2 Å². The standard InChI is InChI=1S/C12H15BrFNO2/c1-6(2)7(3)15-9-5-4-8(12(16)17)10(13)11(9)14/h4-7,15H,1-3H3,(H,16,17). The molecule has 0 aromatic heterocycles. The highest BCUT2D eigenvalue weighted by atomic mass is 79.9. The number of halogens is 2. The average Bonchev–Trinajstić information content (AvgIpc) is 2.24. The maximum absolute atomic E-state index is 13.9. The van der Waals surface area contributed by atoms with Gasteiger partial charge < -0.3 is 10.4 Å². The molecule has 2 N–H and O–H groups in total. The van der Waals surface area contributed by atoms with E-state index in [-0.39, 0.29) is 16.1 Å². The lowest BCUT2D eigenvalue weighted by atomic mass is 10.1. The Kier molecular flexibility index (Phi) is 4.51. The first-order valence-electron chi connectivity index (χ1n) is 5.32. The maximum Gasteiger partial charge on any atom is 0.336 e. The lowest BCUT2D eigenvalue weighted by Gasteiger charge is -2.19. The Balaban J connectivity index is 3.05. The van der Waals surface area contributed by atoms with E-state index in [1.54, 1.807) is 0 Å². The first-order valence-corrected chi connectivity index (χ1v) is 6.11. The molecule has 1 atom stereocenters. The van der Waals surface area contributed by atoms with Crippen LogP contribution in [0.15, 0.2) is 16.6 Å². The molecule has 0 spiro atoms. The molecular formula is C12H15BrFNO2. The SMILES string of the molecule is CC(C)C(C)Nc1ccc(C(=O)O)c(Br)c1F. The first-order chi connectivity index (χ1) is 7.84. The van der Waals surface area contributed by atoms with Gasteiger partial charge in [0.2, 0.25) is 0 Å².